The highest BCUT2D eigenvalue weighted by Crippen LogP contribution is 2.20. The van der Waals surface area contributed by atoms with Crippen molar-refractivity contribution in [1.29, 1.82) is 0 Å². The normalized spacial score (nSPS) is 17.3. The molecule has 2 amide bonds. The Morgan fingerprint density at radius 1 is 1.21 bits per heavy atom. The topological polar surface area (TPSA) is 40.6 Å². The second-order valence-electron chi connectivity index (χ2n) is 4.92. The largest absolute Gasteiger partial charge is 0.343 e. The first-order valence-electron chi connectivity index (χ1n) is 7.51. The summed E-state index contributed by atoms with van der Waals surface area (Å²) >= 11 is 0. The molecule has 1 aliphatic heterocycles. The minimum atomic E-state index is 0.140. The first-order chi connectivity index (χ1) is 8.97. The average Bonchev–Trinajstić information content (AvgIpc) is 2.41. The van der Waals surface area contributed by atoms with E-state index in [0.717, 1.165) is 32.4 Å². The summed E-state index contributed by atoms with van der Waals surface area (Å²) in [5.74, 6) is 0.294. The maximum atomic E-state index is 11.7. The van der Waals surface area contributed by atoms with Gasteiger partial charge in [0.1, 0.15) is 0 Å². The van der Waals surface area contributed by atoms with Gasteiger partial charge in [0, 0.05) is 39.0 Å². The number of carbonyl (C=O) groups excluding carboxylic acids is 2. The Morgan fingerprint density at radius 2 is 1.68 bits per heavy atom. The van der Waals surface area contributed by atoms with E-state index >= 15 is 0 Å². The van der Waals surface area contributed by atoms with Crippen LogP contribution in [0.3, 0.4) is 0 Å². The Labute approximate surface area is 118 Å². The molecule has 1 saturated heterocycles. The third kappa shape index (κ3) is 5.21. The van der Waals surface area contributed by atoms with Crippen molar-refractivity contribution >= 4 is 11.8 Å². The van der Waals surface area contributed by atoms with Gasteiger partial charge in [-0.1, -0.05) is 20.8 Å². The Morgan fingerprint density at radius 3 is 2.00 bits per heavy atom. The van der Waals surface area contributed by atoms with E-state index in [1.165, 1.54) is 0 Å². The van der Waals surface area contributed by atoms with Gasteiger partial charge in [-0.25, -0.2) is 0 Å². The summed E-state index contributed by atoms with van der Waals surface area (Å²) < 4.78 is 0. The molecule has 19 heavy (non-hydrogen) atoms. The van der Waals surface area contributed by atoms with E-state index in [2.05, 4.69) is 13.8 Å². The third-order valence-corrected chi connectivity index (χ3v) is 3.73. The van der Waals surface area contributed by atoms with Crippen molar-refractivity contribution in [3.63, 3.8) is 0 Å². The summed E-state index contributed by atoms with van der Waals surface area (Å²) in [7, 11) is 0. The first-order valence-corrected chi connectivity index (χ1v) is 7.51. The number of hydrogen-bond donors (Lipinski definition) is 0. The molecule has 0 saturated carbocycles. The monoisotopic (exact) mass is 270 g/mol. The Hall–Kier alpha value is -1.06. The quantitative estimate of drug-likeness (QED) is 0.791. The standard InChI is InChI=1S/C13H24N2O2.C2H6/c1-5-10(2)15(12(4)17)13-6-8-14(9-7-13)11(3)16;1-2/h10,13H,5-9H2,1-4H3;1-2H3. The van der Waals surface area contributed by atoms with E-state index in [0.29, 0.717) is 12.1 Å². The van der Waals surface area contributed by atoms with Crippen LogP contribution in [0.5, 0.6) is 0 Å². The van der Waals surface area contributed by atoms with E-state index in [-0.39, 0.29) is 11.8 Å². The van der Waals surface area contributed by atoms with Gasteiger partial charge < -0.3 is 9.80 Å². The van der Waals surface area contributed by atoms with Gasteiger partial charge in [-0.3, -0.25) is 9.59 Å². The van der Waals surface area contributed by atoms with Crippen molar-refractivity contribution in [2.45, 2.75) is 72.9 Å². The van der Waals surface area contributed by atoms with E-state index < -0.39 is 0 Å². The average molecular weight is 270 g/mol. The van der Waals surface area contributed by atoms with Crippen LogP contribution in [0.15, 0.2) is 0 Å². The number of likely N-dealkylation sites (tertiary alicyclic amines) is 1. The Bertz CT molecular complexity index is 284. The second-order valence-corrected chi connectivity index (χ2v) is 4.92. The molecule has 4 heteroatoms. The molecule has 0 aromatic carbocycles. The molecule has 0 spiro atoms. The van der Waals surface area contributed by atoms with Gasteiger partial charge in [0.2, 0.25) is 11.8 Å². The lowest BCUT2D eigenvalue weighted by Crippen LogP contribution is -2.50. The summed E-state index contributed by atoms with van der Waals surface area (Å²) in [6.07, 6.45) is 2.79. The molecule has 0 bridgehead atoms. The molecule has 1 atom stereocenters. The van der Waals surface area contributed by atoms with Crippen LogP contribution in [0, 0.1) is 0 Å². The van der Waals surface area contributed by atoms with Crippen molar-refractivity contribution in [2.24, 2.45) is 0 Å². The zero-order chi connectivity index (χ0) is 15.0. The fourth-order valence-corrected chi connectivity index (χ4v) is 2.58. The molecule has 1 rings (SSSR count). The van der Waals surface area contributed by atoms with Crippen molar-refractivity contribution in [3.8, 4) is 0 Å². The molecule has 1 heterocycles. The van der Waals surface area contributed by atoms with Crippen LogP contribution in [-0.4, -0.2) is 46.8 Å². The minimum absolute atomic E-state index is 0.140. The molecule has 0 aromatic rings. The molecule has 1 aliphatic rings. The molecule has 1 fully saturated rings. The first kappa shape index (κ1) is 17.9. The van der Waals surface area contributed by atoms with Gasteiger partial charge in [0.25, 0.3) is 0 Å². The number of piperidine rings is 1. The van der Waals surface area contributed by atoms with Gasteiger partial charge in [-0.05, 0) is 26.2 Å². The molecule has 0 radical (unpaired) electrons. The Balaban J connectivity index is 0.00000154. The summed E-state index contributed by atoms with van der Waals surface area (Å²) in [5.41, 5.74) is 0. The van der Waals surface area contributed by atoms with E-state index in [4.69, 9.17) is 0 Å². The van der Waals surface area contributed by atoms with Gasteiger partial charge in [0.05, 0.1) is 0 Å². The summed E-state index contributed by atoms with van der Waals surface area (Å²) in [6.45, 7) is 13.0. The zero-order valence-corrected chi connectivity index (χ0v) is 13.4. The van der Waals surface area contributed by atoms with Crippen LogP contribution in [0.2, 0.25) is 0 Å². The van der Waals surface area contributed by atoms with E-state index in [9.17, 15) is 9.59 Å². The van der Waals surface area contributed by atoms with Crippen LogP contribution in [0.1, 0.15) is 60.8 Å². The maximum absolute atomic E-state index is 11.7. The van der Waals surface area contributed by atoms with Gasteiger partial charge in [-0.15, -0.1) is 0 Å². The van der Waals surface area contributed by atoms with Crippen molar-refractivity contribution in [2.75, 3.05) is 13.1 Å². The van der Waals surface area contributed by atoms with Crippen molar-refractivity contribution in [3.05, 3.63) is 0 Å². The maximum Gasteiger partial charge on any atom is 0.219 e. The lowest BCUT2D eigenvalue weighted by molar-refractivity contribution is -0.136. The number of carbonyl (C=O) groups is 2. The van der Waals surface area contributed by atoms with Gasteiger partial charge >= 0.3 is 0 Å². The molecular formula is C15H30N2O2. The predicted molar refractivity (Wildman–Crippen MR) is 78.9 cm³/mol. The van der Waals surface area contributed by atoms with Crippen LogP contribution in [-0.2, 0) is 9.59 Å². The summed E-state index contributed by atoms with van der Waals surface area (Å²) in [4.78, 5) is 26.8. The minimum Gasteiger partial charge on any atom is -0.343 e. The van der Waals surface area contributed by atoms with Crippen LogP contribution in [0.25, 0.3) is 0 Å². The highest BCUT2D eigenvalue weighted by Gasteiger charge is 2.29. The van der Waals surface area contributed by atoms with Crippen LogP contribution in [0.4, 0.5) is 0 Å². The smallest absolute Gasteiger partial charge is 0.219 e. The fourth-order valence-electron chi connectivity index (χ4n) is 2.58. The number of hydrogen-bond acceptors (Lipinski definition) is 2. The number of nitrogens with zero attached hydrogens (tertiary/aromatic N) is 2. The second kappa shape index (κ2) is 8.94. The molecule has 0 aromatic heterocycles. The highest BCUT2D eigenvalue weighted by molar-refractivity contribution is 5.74. The third-order valence-electron chi connectivity index (χ3n) is 3.73. The number of rotatable bonds is 3. The van der Waals surface area contributed by atoms with Gasteiger partial charge in [0.15, 0.2) is 0 Å². The lowest BCUT2D eigenvalue weighted by atomic mass is 10.0. The van der Waals surface area contributed by atoms with Crippen molar-refractivity contribution < 1.29 is 9.59 Å². The highest BCUT2D eigenvalue weighted by atomic mass is 16.2. The fraction of sp³-hybridized carbons (Fsp3) is 0.867. The molecule has 4 nitrogen and oxygen atoms in total. The zero-order valence-electron chi connectivity index (χ0n) is 13.4. The molecule has 0 N–H and O–H groups in total. The summed E-state index contributed by atoms with van der Waals surface area (Å²) in [5, 5.41) is 0. The molecule has 1 unspecified atom stereocenters. The van der Waals surface area contributed by atoms with Crippen LogP contribution >= 0.6 is 0 Å². The SMILES string of the molecule is CC.CCC(C)N(C(C)=O)C1CCN(C(C)=O)CC1. The van der Waals surface area contributed by atoms with Crippen molar-refractivity contribution in [1.82, 2.24) is 9.80 Å². The van der Waals surface area contributed by atoms with E-state index in [1.54, 1.807) is 13.8 Å². The lowest BCUT2D eigenvalue weighted by Gasteiger charge is -2.40. The predicted octanol–water partition coefficient (Wildman–Crippen LogP) is 2.67. The van der Waals surface area contributed by atoms with Gasteiger partial charge in [-0.2, -0.15) is 0 Å². The number of amides is 2. The van der Waals surface area contributed by atoms with E-state index in [1.807, 2.05) is 23.6 Å². The Kier molecular flexibility index (Phi) is 8.44. The van der Waals surface area contributed by atoms with Crippen LogP contribution < -0.4 is 0 Å². The molecule has 112 valence electrons. The summed E-state index contributed by atoms with van der Waals surface area (Å²) in [6, 6.07) is 0.597. The molecular weight excluding hydrogens is 240 g/mol. The molecule has 0 aliphatic carbocycles.